The molecular formula is C28H32N4O4. The highest BCUT2D eigenvalue weighted by Gasteiger charge is 2.35. The molecule has 188 valence electrons. The Bertz CT molecular complexity index is 1250. The Morgan fingerprint density at radius 3 is 2.50 bits per heavy atom. The third kappa shape index (κ3) is 5.59. The molecule has 1 aliphatic rings. The van der Waals surface area contributed by atoms with Crippen LogP contribution in [0.3, 0.4) is 0 Å². The average Bonchev–Trinajstić information content (AvgIpc) is 3.30. The van der Waals surface area contributed by atoms with E-state index >= 15 is 0 Å². The van der Waals surface area contributed by atoms with Gasteiger partial charge in [-0.1, -0.05) is 32.0 Å². The molecule has 0 bridgehead atoms. The molecule has 0 radical (unpaired) electrons. The molecule has 0 fully saturated rings. The molecule has 2 N–H and O–H groups in total. The summed E-state index contributed by atoms with van der Waals surface area (Å²) in [5.74, 6) is 0.862. The summed E-state index contributed by atoms with van der Waals surface area (Å²) in [6.07, 6.45) is 2.83. The van der Waals surface area contributed by atoms with Crippen LogP contribution in [0.4, 0.5) is 4.79 Å². The third-order valence-electron chi connectivity index (χ3n) is 5.93. The number of hydrogen-bond donors (Lipinski definition) is 2. The van der Waals surface area contributed by atoms with E-state index < -0.39 is 18.0 Å². The Kier molecular flexibility index (Phi) is 7.73. The van der Waals surface area contributed by atoms with E-state index in [0.717, 1.165) is 23.4 Å². The van der Waals surface area contributed by atoms with Gasteiger partial charge in [-0.3, -0.25) is 0 Å². The minimum atomic E-state index is -0.729. The van der Waals surface area contributed by atoms with Crippen LogP contribution in [0.1, 0.15) is 45.7 Å². The second-order valence-corrected chi connectivity index (χ2v) is 9.06. The van der Waals surface area contributed by atoms with Crippen LogP contribution < -0.4 is 15.4 Å². The molecule has 0 aliphatic carbocycles. The van der Waals surface area contributed by atoms with E-state index in [9.17, 15) is 9.59 Å². The van der Waals surface area contributed by atoms with Crippen LogP contribution in [0, 0.1) is 5.92 Å². The van der Waals surface area contributed by atoms with Crippen molar-refractivity contribution in [1.82, 2.24) is 20.4 Å². The maximum Gasteiger partial charge on any atom is 0.338 e. The zero-order chi connectivity index (χ0) is 25.7. The molecule has 1 aliphatic heterocycles. The quantitative estimate of drug-likeness (QED) is 0.406. The largest absolute Gasteiger partial charge is 0.494 e. The van der Waals surface area contributed by atoms with Crippen molar-refractivity contribution >= 4 is 12.0 Å². The van der Waals surface area contributed by atoms with Crippen LogP contribution in [0.5, 0.6) is 5.75 Å². The number of nitrogens with zero attached hydrogens (tertiary/aromatic N) is 2. The fourth-order valence-electron chi connectivity index (χ4n) is 4.06. The van der Waals surface area contributed by atoms with Crippen molar-refractivity contribution < 1.29 is 19.1 Å². The van der Waals surface area contributed by atoms with E-state index in [1.807, 2.05) is 60.8 Å². The molecule has 3 aromatic rings. The summed E-state index contributed by atoms with van der Waals surface area (Å²) in [6.45, 7) is 8.65. The van der Waals surface area contributed by atoms with Crippen LogP contribution in [-0.4, -0.2) is 35.0 Å². The summed E-state index contributed by atoms with van der Waals surface area (Å²) >= 11 is 0. The van der Waals surface area contributed by atoms with Crippen molar-refractivity contribution in [3.63, 3.8) is 0 Å². The zero-order valence-corrected chi connectivity index (χ0v) is 21.1. The normalized spacial score (nSPS) is 15.5. The molecule has 1 atom stereocenters. The fraction of sp³-hybridized carbons (Fsp3) is 0.321. The summed E-state index contributed by atoms with van der Waals surface area (Å²) in [6, 6.07) is 16.3. The lowest BCUT2D eigenvalue weighted by Gasteiger charge is -2.27. The molecular weight excluding hydrogens is 456 g/mol. The van der Waals surface area contributed by atoms with Crippen LogP contribution >= 0.6 is 0 Å². The monoisotopic (exact) mass is 488 g/mol. The molecule has 1 unspecified atom stereocenters. The number of hydrogen-bond acceptors (Lipinski definition) is 5. The number of amides is 2. The number of aromatic nitrogens is 2. The predicted molar refractivity (Wildman–Crippen MR) is 138 cm³/mol. The van der Waals surface area contributed by atoms with E-state index in [-0.39, 0.29) is 6.61 Å². The minimum absolute atomic E-state index is 0.227. The summed E-state index contributed by atoms with van der Waals surface area (Å²) < 4.78 is 12.9. The van der Waals surface area contributed by atoms with Gasteiger partial charge in [0.1, 0.15) is 5.75 Å². The van der Waals surface area contributed by atoms with E-state index in [4.69, 9.17) is 14.6 Å². The number of allylic oxidation sites excluding steroid dienone is 1. The molecule has 8 nitrogen and oxygen atoms in total. The molecule has 2 aromatic carbocycles. The van der Waals surface area contributed by atoms with Crippen LogP contribution in [-0.2, 0) is 9.53 Å². The molecule has 8 heteroatoms. The third-order valence-corrected chi connectivity index (χ3v) is 5.93. The SMILES string of the molecule is CCOC(=O)C1=C(C)NC(=O)NC1c1cn(-c2ccccc2)nc1-c1ccc(OCCC(C)C)cc1. The van der Waals surface area contributed by atoms with Gasteiger partial charge in [0.15, 0.2) is 0 Å². The Morgan fingerprint density at radius 2 is 1.83 bits per heavy atom. The lowest BCUT2D eigenvalue weighted by Crippen LogP contribution is -2.45. The minimum Gasteiger partial charge on any atom is -0.494 e. The molecule has 0 saturated heterocycles. The number of carbonyl (C=O) groups is 2. The topological polar surface area (TPSA) is 94.5 Å². The maximum absolute atomic E-state index is 12.9. The van der Waals surface area contributed by atoms with Crippen LogP contribution in [0.2, 0.25) is 0 Å². The Labute approximate surface area is 211 Å². The van der Waals surface area contributed by atoms with Crippen molar-refractivity contribution in [3.8, 4) is 22.7 Å². The van der Waals surface area contributed by atoms with Gasteiger partial charge >= 0.3 is 12.0 Å². The lowest BCUT2D eigenvalue weighted by atomic mass is 9.94. The standard InChI is InChI=1S/C28H32N4O4/c1-5-35-27(33)24-19(4)29-28(34)30-26(24)23-17-32(21-9-7-6-8-10-21)31-25(23)20-11-13-22(14-12-20)36-16-15-18(2)3/h6-14,17-18,26H,5,15-16H2,1-4H3,(H2,29,30,34). The summed E-state index contributed by atoms with van der Waals surface area (Å²) in [4.78, 5) is 25.3. The van der Waals surface area contributed by atoms with Gasteiger partial charge in [-0.2, -0.15) is 5.10 Å². The van der Waals surface area contributed by atoms with E-state index in [2.05, 4.69) is 24.5 Å². The predicted octanol–water partition coefficient (Wildman–Crippen LogP) is 5.16. The highest BCUT2D eigenvalue weighted by molar-refractivity contribution is 5.95. The Balaban J connectivity index is 1.77. The average molecular weight is 489 g/mol. The molecule has 1 aromatic heterocycles. The van der Waals surface area contributed by atoms with Gasteiger partial charge in [0.2, 0.25) is 0 Å². The highest BCUT2D eigenvalue weighted by atomic mass is 16.5. The van der Waals surface area contributed by atoms with Crippen molar-refractivity contribution in [2.45, 2.75) is 40.2 Å². The molecule has 36 heavy (non-hydrogen) atoms. The number of benzene rings is 2. The van der Waals surface area contributed by atoms with E-state index in [1.54, 1.807) is 18.5 Å². The fourth-order valence-corrected chi connectivity index (χ4v) is 4.06. The van der Waals surface area contributed by atoms with Crippen LogP contribution in [0.15, 0.2) is 72.1 Å². The maximum atomic E-state index is 12.9. The highest BCUT2D eigenvalue weighted by Crippen LogP contribution is 2.35. The first kappa shape index (κ1) is 25.0. The van der Waals surface area contributed by atoms with Crippen LogP contribution in [0.25, 0.3) is 16.9 Å². The molecule has 4 rings (SSSR count). The second kappa shape index (κ2) is 11.1. The smallest absolute Gasteiger partial charge is 0.338 e. The van der Waals surface area contributed by atoms with Gasteiger partial charge in [-0.15, -0.1) is 0 Å². The van der Waals surface area contributed by atoms with E-state index in [0.29, 0.717) is 35.1 Å². The van der Waals surface area contributed by atoms with Gasteiger partial charge in [-0.05, 0) is 62.6 Å². The molecule has 2 heterocycles. The lowest BCUT2D eigenvalue weighted by molar-refractivity contribution is -0.139. The van der Waals surface area contributed by atoms with Crippen molar-refractivity contribution in [3.05, 3.63) is 77.6 Å². The molecule has 0 saturated carbocycles. The summed E-state index contributed by atoms with van der Waals surface area (Å²) in [7, 11) is 0. The zero-order valence-electron chi connectivity index (χ0n) is 21.1. The first-order valence-corrected chi connectivity index (χ1v) is 12.2. The van der Waals surface area contributed by atoms with Crippen molar-refractivity contribution in [2.24, 2.45) is 5.92 Å². The number of ether oxygens (including phenoxy) is 2. The van der Waals surface area contributed by atoms with Gasteiger partial charge in [0, 0.05) is 23.0 Å². The second-order valence-electron chi connectivity index (χ2n) is 9.06. The number of carbonyl (C=O) groups excluding carboxylic acids is 2. The van der Waals surface area contributed by atoms with Crippen molar-refractivity contribution in [1.29, 1.82) is 0 Å². The van der Waals surface area contributed by atoms with Gasteiger partial charge < -0.3 is 20.1 Å². The van der Waals surface area contributed by atoms with Crippen molar-refractivity contribution in [2.75, 3.05) is 13.2 Å². The first-order chi connectivity index (χ1) is 17.4. The number of rotatable bonds is 9. The summed E-state index contributed by atoms with van der Waals surface area (Å²) in [5, 5.41) is 10.4. The first-order valence-electron chi connectivity index (χ1n) is 12.2. The summed E-state index contributed by atoms with van der Waals surface area (Å²) in [5.41, 5.74) is 3.83. The van der Waals surface area contributed by atoms with Gasteiger partial charge in [-0.25, -0.2) is 14.3 Å². The number of esters is 1. The van der Waals surface area contributed by atoms with Gasteiger partial charge in [0.25, 0.3) is 0 Å². The Morgan fingerprint density at radius 1 is 1.11 bits per heavy atom. The molecule has 2 amide bonds. The van der Waals surface area contributed by atoms with E-state index in [1.165, 1.54) is 0 Å². The molecule has 0 spiro atoms. The number of para-hydroxylation sites is 1. The van der Waals surface area contributed by atoms with Gasteiger partial charge in [0.05, 0.1) is 36.2 Å². The Hall–Kier alpha value is -4.07. The number of nitrogens with one attached hydrogen (secondary N) is 2. The number of urea groups is 1.